The number of fused-ring (bicyclic) bond motifs is 1. The van der Waals surface area contributed by atoms with Crippen LogP contribution < -0.4 is 15.0 Å². The highest BCUT2D eigenvalue weighted by molar-refractivity contribution is 9.10. The highest BCUT2D eigenvalue weighted by Crippen LogP contribution is 2.36. The Labute approximate surface area is 183 Å². The number of nitrogens with zero attached hydrogens (tertiary/aromatic N) is 4. The topological polar surface area (TPSA) is 89.5 Å². The predicted octanol–water partition coefficient (Wildman–Crippen LogP) is 4.41. The van der Waals surface area contributed by atoms with Gasteiger partial charge in [-0.15, -0.1) is 0 Å². The van der Waals surface area contributed by atoms with Crippen LogP contribution in [-0.2, 0) is 0 Å². The molecule has 29 heavy (non-hydrogen) atoms. The van der Waals surface area contributed by atoms with E-state index in [-0.39, 0.29) is 12.2 Å². The van der Waals surface area contributed by atoms with Gasteiger partial charge in [0.15, 0.2) is 18.1 Å². The SMILES string of the molecule is CCOc1cc(C=Nn2c(C)nc3ccc(Br)cc3c2=O)cc(Br)c1OCC#N. The third kappa shape index (κ3) is 4.66. The van der Waals surface area contributed by atoms with Crippen molar-refractivity contribution in [3.63, 3.8) is 0 Å². The second-order valence-electron chi connectivity index (χ2n) is 5.89. The molecular weight excluding hydrogens is 504 g/mol. The summed E-state index contributed by atoms with van der Waals surface area (Å²) in [6.45, 7) is 3.90. The molecule has 0 unspecified atom stereocenters. The lowest BCUT2D eigenvalue weighted by Crippen LogP contribution is -2.20. The van der Waals surface area contributed by atoms with Crippen LogP contribution in [0.2, 0.25) is 0 Å². The van der Waals surface area contributed by atoms with E-state index in [4.69, 9.17) is 14.7 Å². The van der Waals surface area contributed by atoms with Crippen LogP contribution >= 0.6 is 31.9 Å². The highest BCUT2D eigenvalue weighted by atomic mass is 79.9. The van der Waals surface area contributed by atoms with E-state index < -0.39 is 0 Å². The molecule has 2 aromatic carbocycles. The molecular formula is C20H16Br2N4O3. The quantitative estimate of drug-likeness (QED) is 0.450. The smallest absolute Gasteiger partial charge is 0.282 e. The molecule has 0 aliphatic heterocycles. The fourth-order valence-corrected chi connectivity index (χ4v) is 3.63. The van der Waals surface area contributed by atoms with Gasteiger partial charge >= 0.3 is 0 Å². The number of hydrogen-bond acceptors (Lipinski definition) is 6. The Morgan fingerprint density at radius 1 is 1.28 bits per heavy atom. The summed E-state index contributed by atoms with van der Waals surface area (Å²) in [7, 11) is 0. The largest absolute Gasteiger partial charge is 0.490 e. The first-order valence-electron chi connectivity index (χ1n) is 8.64. The Hall–Kier alpha value is -2.70. The molecule has 9 heteroatoms. The third-order valence-electron chi connectivity index (χ3n) is 3.91. The fourth-order valence-electron chi connectivity index (χ4n) is 2.69. The van der Waals surface area contributed by atoms with Gasteiger partial charge in [0.25, 0.3) is 5.56 Å². The average molecular weight is 520 g/mol. The van der Waals surface area contributed by atoms with Crippen LogP contribution in [0.25, 0.3) is 10.9 Å². The fraction of sp³-hybridized carbons (Fsp3) is 0.200. The average Bonchev–Trinajstić information content (AvgIpc) is 2.68. The Morgan fingerprint density at radius 3 is 2.79 bits per heavy atom. The molecule has 0 saturated carbocycles. The molecule has 148 valence electrons. The molecule has 0 aliphatic rings. The molecule has 0 atom stereocenters. The molecule has 0 amide bonds. The summed E-state index contributed by atoms with van der Waals surface area (Å²) in [6, 6.07) is 10.8. The summed E-state index contributed by atoms with van der Waals surface area (Å²) in [5.74, 6) is 1.39. The first-order valence-corrected chi connectivity index (χ1v) is 10.2. The molecule has 3 rings (SSSR count). The number of rotatable bonds is 6. The van der Waals surface area contributed by atoms with Crippen LogP contribution in [0.15, 0.2) is 49.2 Å². The van der Waals surface area contributed by atoms with E-state index in [1.165, 1.54) is 4.68 Å². The molecule has 0 radical (unpaired) electrons. The minimum Gasteiger partial charge on any atom is -0.490 e. The number of halogens is 2. The van der Waals surface area contributed by atoms with Crippen molar-refractivity contribution in [2.75, 3.05) is 13.2 Å². The summed E-state index contributed by atoms with van der Waals surface area (Å²) in [5.41, 5.74) is 1.04. The minimum atomic E-state index is -0.261. The normalized spacial score (nSPS) is 11.0. The first kappa shape index (κ1) is 21.0. The van der Waals surface area contributed by atoms with E-state index in [0.29, 0.717) is 44.9 Å². The van der Waals surface area contributed by atoms with Crippen LogP contribution in [0.4, 0.5) is 0 Å². The van der Waals surface area contributed by atoms with Gasteiger partial charge in [-0.3, -0.25) is 4.79 Å². The highest BCUT2D eigenvalue weighted by Gasteiger charge is 2.12. The van der Waals surface area contributed by atoms with Gasteiger partial charge in [-0.05, 0) is 65.7 Å². The number of aromatic nitrogens is 2. The molecule has 0 bridgehead atoms. The van der Waals surface area contributed by atoms with Crippen molar-refractivity contribution in [3.05, 3.63) is 61.0 Å². The molecule has 0 saturated heterocycles. The summed E-state index contributed by atoms with van der Waals surface area (Å²) in [4.78, 5) is 17.3. The third-order valence-corrected chi connectivity index (χ3v) is 4.99. The molecule has 1 aromatic heterocycles. The van der Waals surface area contributed by atoms with E-state index in [9.17, 15) is 4.79 Å². The lowest BCUT2D eigenvalue weighted by molar-refractivity contribution is 0.297. The zero-order valence-corrected chi connectivity index (χ0v) is 18.8. The van der Waals surface area contributed by atoms with E-state index in [1.54, 1.807) is 37.4 Å². The summed E-state index contributed by atoms with van der Waals surface area (Å²) < 4.78 is 13.7. The molecule has 1 heterocycles. The van der Waals surface area contributed by atoms with Gasteiger partial charge in [0, 0.05) is 4.47 Å². The van der Waals surface area contributed by atoms with Crippen molar-refractivity contribution in [2.45, 2.75) is 13.8 Å². The van der Waals surface area contributed by atoms with Crippen LogP contribution in [0, 0.1) is 18.3 Å². The van der Waals surface area contributed by atoms with Gasteiger partial charge in [0.1, 0.15) is 11.9 Å². The van der Waals surface area contributed by atoms with Gasteiger partial charge in [0.2, 0.25) is 0 Å². The maximum absolute atomic E-state index is 12.8. The van der Waals surface area contributed by atoms with Crippen LogP contribution in [-0.4, -0.2) is 29.1 Å². The molecule has 0 N–H and O–H groups in total. The summed E-state index contributed by atoms with van der Waals surface area (Å²) in [6.07, 6.45) is 1.54. The summed E-state index contributed by atoms with van der Waals surface area (Å²) >= 11 is 6.81. The predicted molar refractivity (Wildman–Crippen MR) is 118 cm³/mol. The van der Waals surface area contributed by atoms with Gasteiger partial charge in [-0.1, -0.05) is 15.9 Å². The Morgan fingerprint density at radius 2 is 2.07 bits per heavy atom. The Balaban J connectivity index is 2.04. The van der Waals surface area contributed by atoms with Crippen molar-refractivity contribution >= 4 is 49.0 Å². The lowest BCUT2D eigenvalue weighted by atomic mass is 10.2. The van der Waals surface area contributed by atoms with E-state index >= 15 is 0 Å². The maximum atomic E-state index is 12.8. The standard InChI is InChI=1S/C20H16Br2N4O3/c1-3-28-18-9-13(8-16(22)19(18)29-7-6-23)11-24-26-12(2)25-17-5-4-14(21)10-15(17)20(26)27/h4-5,8-11H,3,7H2,1-2H3. The zero-order chi connectivity index (χ0) is 21.0. The number of hydrogen-bond donors (Lipinski definition) is 0. The zero-order valence-electron chi connectivity index (χ0n) is 15.6. The molecule has 7 nitrogen and oxygen atoms in total. The van der Waals surface area contributed by atoms with Crippen molar-refractivity contribution < 1.29 is 9.47 Å². The number of ether oxygens (including phenoxy) is 2. The van der Waals surface area contributed by atoms with E-state index in [0.717, 1.165) is 4.47 Å². The monoisotopic (exact) mass is 518 g/mol. The number of benzene rings is 2. The molecule has 0 aliphatic carbocycles. The van der Waals surface area contributed by atoms with Crippen molar-refractivity contribution in [3.8, 4) is 17.6 Å². The number of aryl methyl sites for hydroxylation is 1. The number of nitriles is 1. The van der Waals surface area contributed by atoms with E-state index in [2.05, 4.69) is 41.9 Å². The Bertz CT molecular complexity index is 1200. The van der Waals surface area contributed by atoms with Crippen molar-refractivity contribution in [1.82, 2.24) is 9.66 Å². The van der Waals surface area contributed by atoms with E-state index in [1.807, 2.05) is 19.1 Å². The van der Waals surface area contributed by atoms with Gasteiger partial charge in [-0.2, -0.15) is 15.0 Å². The van der Waals surface area contributed by atoms with Crippen molar-refractivity contribution in [1.29, 1.82) is 5.26 Å². The first-order chi connectivity index (χ1) is 13.9. The van der Waals surface area contributed by atoms with Gasteiger partial charge in [0.05, 0.1) is 28.2 Å². The lowest BCUT2D eigenvalue weighted by Gasteiger charge is -2.13. The van der Waals surface area contributed by atoms with Crippen molar-refractivity contribution in [2.24, 2.45) is 5.10 Å². The maximum Gasteiger partial charge on any atom is 0.282 e. The van der Waals surface area contributed by atoms with Crippen LogP contribution in [0.3, 0.4) is 0 Å². The second-order valence-corrected chi connectivity index (χ2v) is 7.66. The van der Waals surface area contributed by atoms with Crippen LogP contribution in [0.5, 0.6) is 11.5 Å². The molecule has 3 aromatic rings. The second kappa shape index (κ2) is 9.20. The minimum absolute atomic E-state index is 0.0982. The van der Waals surface area contributed by atoms with Gasteiger partial charge < -0.3 is 9.47 Å². The van der Waals surface area contributed by atoms with Crippen LogP contribution in [0.1, 0.15) is 18.3 Å². The van der Waals surface area contributed by atoms with Gasteiger partial charge in [-0.25, -0.2) is 4.98 Å². The molecule has 0 spiro atoms. The summed E-state index contributed by atoms with van der Waals surface area (Å²) in [5, 5.41) is 13.5. The Kier molecular flexibility index (Phi) is 6.67. The molecule has 0 fully saturated rings.